The van der Waals surface area contributed by atoms with Gasteiger partial charge in [-0.25, -0.2) is 0 Å². The van der Waals surface area contributed by atoms with Gasteiger partial charge in [-0.3, -0.25) is 0 Å². The van der Waals surface area contributed by atoms with Crippen molar-refractivity contribution in [2.45, 2.75) is 59.6 Å². The van der Waals surface area contributed by atoms with E-state index < -0.39 is 0 Å². The molecule has 0 aliphatic carbocycles. The van der Waals surface area contributed by atoms with Crippen LogP contribution in [0.4, 0.5) is 0 Å². The second-order valence-corrected chi connectivity index (χ2v) is 5.15. The molecule has 94 valence electrons. The summed E-state index contributed by atoms with van der Waals surface area (Å²) < 4.78 is 5.65. The van der Waals surface area contributed by atoms with Gasteiger partial charge in [0.05, 0.1) is 6.10 Å². The van der Waals surface area contributed by atoms with Crippen LogP contribution in [0.15, 0.2) is 0 Å². The fraction of sp³-hybridized carbons (Fsp3) is 0.857. The van der Waals surface area contributed by atoms with Crippen LogP contribution >= 0.6 is 0 Å². The maximum absolute atomic E-state index is 5.65. The highest BCUT2D eigenvalue weighted by Gasteiger charge is 2.31. The van der Waals surface area contributed by atoms with Gasteiger partial charge in [-0.15, -0.1) is 11.8 Å². The van der Waals surface area contributed by atoms with Crippen LogP contribution in [-0.4, -0.2) is 25.8 Å². The molecule has 2 nitrogen and oxygen atoms in total. The summed E-state index contributed by atoms with van der Waals surface area (Å²) in [6.45, 7) is 11.7. The number of ether oxygens (including phenoxy) is 1. The van der Waals surface area contributed by atoms with Crippen LogP contribution in [0.2, 0.25) is 0 Å². The Kier molecular flexibility index (Phi) is 7.45. The summed E-state index contributed by atoms with van der Waals surface area (Å²) in [7, 11) is 1.80. The van der Waals surface area contributed by atoms with Crippen LogP contribution in [0, 0.1) is 17.3 Å². The normalized spacial score (nSPS) is 15.1. The van der Waals surface area contributed by atoms with E-state index in [0.717, 1.165) is 19.4 Å². The van der Waals surface area contributed by atoms with E-state index in [1.165, 1.54) is 0 Å². The van der Waals surface area contributed by atoms with E-state index in [1.807, 2.05) is 6.92 Å². The molecule has 0 spiro atoms. The van der Waals surface area contributed by atoms with Crippen molar-refractivity contribution in [1.29, 1.82) is 0 Å². The summed E-state index contributed by atoms with van der Waals surface area (Å²) >= 11 is 0. The average molecular weight is 225 g/mol. The topological polar surface area (TPSA) is 21.3 Å². The van der Waals surface area contributed by atoms with E-state index in [-0.39, 0.29) is 11.5 Å². The summed E-state index contributed by atoms with van der Waals surface area (Å²) in [5.74, 6) is 6.06. The molecule has 0 aliphatic heterocycles. The second-order valence-electron chi connectivity index (χ2n) is 5.15. The molecule has 16 heavy (non-hydrogen) atoms. The minimum absolute atomic E-state index is 0.154. The van der Waals surface area contributed by atoms with Crippen molar-refractivity contribution in [3.8, 4) is 11.8 Å². The molecule has 0 aromatic heterocycles. The van der Waals surface area contributed by atoms with Gasteiger partial charge >= 0.3 is 0 Å². The minimum Gasteiger partial charge on any atom is -0.379 e. The highest BCUT2D eigenvalue weighted by molar-refractivity contribution is 4.97. The number of hydrogen-bond donors (Lipinski definition) is 1. The molecule has 0 radical (unpaired) electrons. The van der Waals surface area contributed by atoms with E-state index in [9.17, 15) is 0 Å². The average Bonchev–Trinajstić information content (AvgIpc) is 2.17. The molecule has 0 heterocycles. The predicted molar refractivity (Wildman–Crippen MR) is 70.4 cm³/mol. The van der Waals surface area contributed by atoms with Crippen molar-refractivity contribution in [2.75, 3.05) is 13.7 Å². The Bertz CT molecular complexity index is 231. The maximum atomic E-state index is 5.65. The summed E-state index contributed by atoms with van der Waals surface area (Å²) in [4.78, 5) is 0. The van der Waals surface area contributed by atoms with Crippen molar-refractivity contribution in [3.05, 3.63) is 0 Å². The maximum Gasteiger partial charge on any atom is 0.0772 e. The molecule has 0 rings (SSSR count). The van der Waals surface area contributed by atoms with E-state index in [1.54, 1.807) is 7.11 Å². The molecule has 0 amide bonds. The van der Waals surface area contributed by atoms with Crippen molar-refractivity contribution in [2.24, 2.45) is 5.41 Å². The van der Waals surface area contributed by atoms with Gasteiger partial charge in [0.15, 0.2) is 0 Å². The lowest BCUT2D eigenvalue weighted by Gasteiger charge is -2.36. The van der Waals surface area contributed by atoms with E-state index in [0.29, 0.717) is 6.04 Å². The third-order valence-electron chi connectivity index (χ3n) is 2.70. The molecule has 0 aliphatic rings. The quantitative estimate of drug-likeness (QED) is 0.702. The highest BCUT2D eigenvalue weighted by Crippen LogP contribution is 2.26. The lowest BCUT2D eigenvalue weighted by atomic mass is 9.83. The molecule has 0 aromatic carbocycles. The second kappa shape index (κ2) is 7.70. The highest BCUT2D eigenvalue weighted by atomic mass is 16.5. The lowest BCUT2D eigenvalue weighted by Crippen LogP contribution is -2.47. The minimum atomic E-state index is 0.154. The zero-order valence-electron chi connectivity index (χ0n) is 11.7. The molecule has 0 saturated heterocycles. The molecular weight excluding hydrogens is 198 g/mol. The molecule has 1 N–H and O–H groups in total. The van der Waals surface area contributed by atoms with Gasteiger partial charge < -0.3 is 10.1 Å². The van der Waals surface area contributed by atoms with Gasteiger partial charge in [0.1, 0.15) is 0 Å². The molecule has 2 heteroatoms. The Balaban J connectivity index is 4.50. The monoisotopic (exact) mass is 225 g/mol. The SMILES string of the molecule is CC#CCCC(NCC)C(OC)C(C)(C)C. The molecule has 2 atom stereocenters. The van der Waals surface area contributed by atoms with Crippen LogP contribution < -0.4 is 5.32 Å². The van der Waals surface area contributed by atoms with E-state index in [2.05, 4.69) is 44.9 Å². The van der Waals surface area contributed by atoms with Crippen LogP contribution in [0.1, 0.15) is 47.5 Å². The van der Waals surface area contributed by atoms with E-state index >= 15 is 0 Å². The lowest BCUT2D eigenvalue weighted by molar-refractivity contribution is -0.0123. The van der Waals surface area contributed by atoms with Crippen LogP contribution in [0.3, 0.4) is 0 Å². The molecule has 0 fully saturated rings. The van der Waals surface area contributed by atoms with Gasteiger partial charge in [0, 0.05) is 19.6 Å². The van der Waals surface area contributed by atoms with Crippen LogP contribution in [0.5, 0.6) is 0 Å². The largest absolute Gasteiger partial charge is 0.379 e. The summed E-state index contributed by atoms with van der Waals surface area (Å²) in [5.41, 5.74) is 0.154. The fourth-order valence-corrected chi connectivity index (χ4v) is 2.10. The van der Waals surface area contributed by atoms with Crippen molar-refractivity contribution >= 4 is 0 Å². The smallest absolute Gasteiger partial charge is 0.0772 e. The first-order valence-corrected chi connectivity index (χ1v) is 6.13. The Labute approximate surface area is 101 Å². The molecular formula is C14H27NO. The first-order chi connectivity index (χ1) is 7.47. The van der Waals surface area contributed by atoms with Gasteiger partial charge in [0.25, 0.3) is 0 Å². The first-order valence-electron chi connectivity index (χ1n) is 6.13. The number of nitrogens with one attached hydrogen (secondary N) is 1. The predicted octanol–water partition coefficient (Wildman–Crippen LogP) is 2.83. The summed E-state index contributed by atoms with van der Waals surface area (Å²) in [6.07, 6.45) is 2.21. The van der Waals surface area contributed by atoms with Gasteiger partial charge in [-0.2, -0.15) is 0 Å². The number of hydrogen-bond acceptors (Lipinski definition) is 2. The van der Waals surface area contributed by atoms with Crippen molar-refractivity contribution in [1.82, 2.24) is 5.32 Å². The number of methoxy groups -OCH3 is 1. The number of rotatable bonds is 6. The third-order valence-corrected chi connectivity index (χ3v) is 2.70. The molecule has 0 saturated carbocycles. The molecule has 2 unspecified atom stereocenters. The first kappa shape index (κ1) is 15.5. The Hall–Kier alpha value is -0.520. The van der Waals surface area contributed by atoms with Gasteiger partial charge in [-0.05, 0) is 25.3 Å². The van der Waals surface area contributed by atoms with Crippen molar-refractivity contribution < 1.29 is 4.74 Å². The van der Waals surface area contributed by atoms with Crippen LogP contribution in [-0.2, 0) is 4.74 Å². The standard InChI is InChI=1S/C14H27NO/c1-7-9-10-11-12(15-8-2)13(16-6)14(3,4)5/h12-13,15H,8,10-11H2,1-6H3. The Morgan fingerprint density at radius 2 is 1.94 bits per heavy atom. The summed E-state index contributed by atoms with van der Waals surface area (Å²) in [5, 5.41) is 3.51. The van der Waals surface area contributed by atoms with Gasteiger partial charge in [0.2, 0.25) is 0 Å². The number of likely N-dealkylation sites (N-methyl/N-ethyl adjacent to an activating group) is 1. The molecule has 0 aromatic rings. The zero-order chi connectivity index (χ0) is 12.6. The van der Waals surface area contributed by atoms with E-state index in [4.69, 9.17) is 4.74 Å². The Morgan fingerprint density at radius 3 is 2.31 bits per heavy atom. The van der Waals surface area contributed by atoms with Gasteiger partial charge in [-0.1, -0.05) is 27.7 Å². The Morgan fingerprint density at radius 1 is 1.31 bits per heavy atom. The molecule has 0 bridgehead atoms. The summed E-state index contributed by atoms with van der Waals surface area (Å²) in [6, 6.07) is 0.385. The third kappa shape index (κ3) is 5.53. The van der Waals surface area contributed by atoms with Crippen molar-refractivity contribution in [3.63, 3.8) is 0 Å². The fourth-order valence-electron chi connectivity index (χ4n) is 2.10. The van der Waals surface area contributed by atoms with Crippen LogP contribution in [0.25, 0.3) is 0 Å². The zero-order valence-corrected chi connectivity index (χ0v) is 11.7.